The van der Waals surface area contributed by atoms with Gasteiger partial charge in [-0.2, -0.15) is 4.39 Å². The quantitative estimate of drug-likeness (QED) is 0.252. The summed E-state index contributed by atoms with van der Waals surface area (Å²) >= 11 is 7.66. The fourth-order valence-corrected chi connectivity index (χ4v) is 5.00. The number of anilines is 1. The zero-order valence-electron chi connectivity index (χ0n) is 17.7. The first-order chi connectivity index (χ1) is 15.8. The highest BCUT2D eigenvalue weighted by Gasteiger charge is 2.28. The van der Waals surface area contributed by atoms with Gasteiger partial charge in [0, 0.05) is 23.4 Å². The lowest BCUT2D eigenvalue weighted by molar-refractivity contribution is -0.387. The molecule has 1 heterocycles. The van der Waals surface area contributed by atoms with Gasteiger partial charge in [-0.1, -0.05) is 48.3 Å². The van der Waals surface area contributed by atoms with Crippen molar-refractivity contribution >= 4 is 40.6 Å². The van der Waals surface area contributed by atoms with Gasteiger partial charge in [0.2, 0.25) is 11.7 Å². The van der Waals surface area contributed by atoms with Crippen LogP contribution in [0.1, 0.15) is 38.6 Å². The van der Waals surface area contributed by atoms with Gasteiger partial charge in [0.15, 0.2) is 11.0 Å². The van der Waals surface area contributed by atoms with Crippen molar-refractivity contribution in [3.8, 4) is 11.4 Å². The Bertz CT molecular complexity index is 1200. The molecule has 2 aromatic carbocycles. The van der Waals surface area contributed by atoms with E-state index in [9.17, 15) is 19.3 Å². The summed E-state index contributed by atoms with van der Waals surface area (Å²) in [5.74, 6) is -0.685. The number of rotatable bonds is 7. The van der Waals surface area contributed by atoms with Crippen LogP contribution in [0, 0.1) is 15.9 Å². The first kappa shape index (κ1) is 23.2. The van der Waals surface area contributed by atoms with E-state index >= 15 is 0 Å². The maximum Gasteiger partial charge on any atom is 0.306 e. The van der Waals surface area contributed by atoms with Crippen molar-refractivity contribution < 1.29 is 14.1 Å². The van der Waals surface area contributed by atoms with Gasteiger partial charge in [-0.3, -0.25) is 19.5 Å². The number of nitrogens with one attached hydrogen (secondary N) is 1. The number of amides is 1. The van der Waals surface area contributed by atoms with Gasteiger partial charge in [0.25, 0.3) is 0 Å². The van der Waals surface area contributed by atoms with Crippen molar-refractivity contribution in [3.05, 3.63) is 63.4 Å². The lowest BCUT2D eigenvalue weighted by Crippen LogP contribution is -2.23. The van der Waals surface area contributed by atoms with Crippen LogP contribution in [0.15, 0.2) is 47.6 Å². The van der Waals surface area contributed by atoms with Crippen LogP contribution in [0.5, 0.6) is 0 Å². The Hall–Kier alpha value is -2.98. The lowest BCUT2D eigenvalue weighted by Gasteiger charge is -2.19. The monoisotopic (exact) mass is 489 g/mol. The third-order valence-corrected chi connectivity index (χ3v) is 6.92. The van der Waals surface area contributed by atoms with Crippen LogP contribution in [-0.4, -0.2) is 30.8 Å². The third-order valence-electron chi connectivity index (χ3n) is 5.53. The Morgan fingerprint density at radius 1 is 1.27 bits per heavy atom. The van der Waals surface area contributed by atoms with Gasteiger partial charge < -0.3 is 5.32 Å². The zero-order valence-corrected chi connectivity index (χ0v) is 19.3. The van der Waals surface area contributed by atoms with Crippen molar-refractivity contribution in [1.82, 2.24) is 14.8 Å². The number of nitro benzene ring substituents is 1. The number of nitrogens with zero attached hydrogens (tertiary/aromatic N) is 4. The van der Waals surface area contributed by atoms with Crippen LogP contribution in [0.25, 0.3) is 11.4 Å². The second-order valence-electron chi connectivity index (χ2n) is 7.77. The smallest absolute Gasteiger partial charge is 0.306 e. The maximum absolute atomic E-state index is 13.6. The third kappa shape index (κ3) is 5.01. The molecule has 1 N–H and O–H groups in total. The summed E-state index contributed by atoms with van der Waals surface area (Å²) < 4.78 is 15.6. The van der Waals surface area contributed by atoms with Crippen molar-refractivity contribution in [1.29, 1.82) is 0 Å². The van der Waals surface area contributed by atoms with E-state index in [1.807, 2.05) is 18.2 Å². The van der Waals surface area contributed by atoms with Crippen molar-refractivity contribution in [2.75, 3.05) is 5.32 Å². The summed E-state index contributed by atoms with van der Waals surface area (Å²) in [5, 5.41) is 22.9. The molecular weight excluding hydrogens is 469 g/mol. The molecule has 1 unspecified atom stereocenters. The van der Waals surface area contributed by atoms with E-state index in [-0.39, 0.29) is 17.6 Å². The highest BCUT2D eigenvalue weighted by molar-refractivity contribution is 8.00. The fourth-order valence-electron chi connectivity index (χ4n) is 3.86. The molecule has 8 nitrogen and oxygen atoms in total. The Labute approximate surface area is 198 Å². The minimum absolute atomic E-state index is 0.148. The molecule has 1 aromatic heterocycles. The summed E-state index contributed by atoms with van der Waals surface area (Å²) in [6.45, 7) is 1.71. The number of halogens is 2. The Balaban J connectivity index is 1.57. The second kappa shape index (κ2) is 9.88. The number of hydrogen-bond acceptors (Lipinski definition) is 6. The number of nitro groups is 1. The summed E-state index contributed by atoms with van der Waals surface area (Å²) in [7, 11) is 0. The van der Waals surface area contributed by atoms with Crippen molar-refractivity contribution in [2.45, 2.75) is 49.1 Å². The molecule has 0 aliphatic heterocycles. The van der Waals surface area contributed by atoms with E-state index in [1.54, 1.807) is 13.0 Å². The van der Waals surface area contributed by atoms with Gasteiger partial charge in [-0.15, -0.1) is 10.2 Å². The summed E-state index contributed by atoms with van der Waals surface area (Å²) in [6.07, 6.45) is 4.19. The first-order valence-electron chi connectivity index (χ1n) is 10.5. The molecule has 1 amide bonds. The molecule has 0 bridgehead atoms. The topological polar surface area (TPSA) is 103 Å². The van der Waals surface area contributed by atoms with E-state index in [0.29, 0.717) is 16.0 Å². The number of aromatic nitrogens is 3. The minimum atomic E-state index is -0.961. The second-order valence-corrected chi connectivity index (χ2v) is 9.48. The molecule has 33 heavy (non-hydrogen) atoms. The Morgan fingerprint density at radius 2 is 2.00 bits per heavy atom. The molecular formula is C22H21ClFN5O3S. The molecule has 1 aliphatic carbocycles. The van der Waals surface area contributed by atoms with Crippen molar-refractivity contribution in [2.24, 2.45) is 0 Å². The van der Waals surface area contributed by atoms with E-state index in [4.69, 9.17) is 11.6 Å². The number of carbonyl (C=O) groups is 1. The van der Waals surface area contributed by atoms with Gasteiger partial charge >= 0.3 is 5.69 Å². The van der Waals surface area contributed by atoms with E-state index in [1.165, 1.54) is 17.8 Å². The van der Waals surface area contributed by atoms with Gasteiger partial charge in [-0.05, 0) is 44.0 Å². The molecule has 0 spiro atoms. The molecule has 1 saturated carbocycles. The molecule has 0 saturated heterocycles. The summed E-state index contributed by atoms with van der Waals surface area (Å²) in [5.41, 5.74) is 0.231. The van der Waals surface area contributed by atoms with Gasteiger partial charge in [0.1, 0.15) is 0 Å². The number of thioether (sulfide) groups is 1. The maximum atomic E-state index is 13.6. The number of carbonyl (C=O) groups excluding carboxylic acids is 1. The van der Waals surface area contributed by atoms with Gasteiger partial charge in [0.05, 0.1) is 15.2 Å². The van der Waals surface area contributed by atoms with Crippen LogP contribution in [0.4, 0.5) is 15.8 Å². The Kier molecular flexibility index (Phi) is 6.94. The minimum Gasteiger partial charge on any atom is -0.325 e. The molecule has 0 radical (unpaired) electrons. The standard InChI is InChI=1S/C22H21ClFN5O3S/c1-13(21(30)25-14-10-11-18(24)19(12-14)29(31)32)33-22-27-26-20(16-8-4-5-9-17(16)23)28(22)15-6-2-3-7-15/h4-5,8-13,15H,2-3,6-7H2,1H3,(H,25,30). The van der Waals surface area contributed by atoms with Crippen LogP contribution in [-0.2, 0) is 4.79 Å². The molecule has 3 aromatic rings. The van der Waals surface area contributed by atoms with Crippen LogP contribution >= 0.6 is 23.4 Å². The molecule has 1 aliphatic rings. The van der Waals surface area contributed by atoms with E-state index < -0.39 is 21.7 Å². The molecule has 172 valence electrons. The first-order valence-corrected chi connectivity index (χ1v) is 11.7. The van der Waals surface area contributed by atoms with Crippen LogP contribution < -0.4 is 5.32 Å². The number of benzene rings is 2. The molecule has 1 fully saturated rings. The summed E-state index contributed by atoms with van der Waals surface area (Å²) in [6, 6.07) is 10.9. The predicted octanol–water partition coefficient (Wildman–Crippen LogP) is 5.88. The highest BCUT2D eigenvalue weighted by atomic mass is 35.5. The zero-order chi connectivity index (χ0) is 23.5. The molecule has 4 rings (SSSR count). The van der Waals surface area contributed by atoms with E-state index in [2.05, 4.69) is 20.1 Å². The number of hydrogen-bond donors (Lipinski definition) is 1. The van der Waals surface area contributed by atoms with Crippen molar-refractivity contribution in [3.63, 3.8) is 0 Å². The van der Waals surface area contributed by atoms with Gasteiger partial charge in [-0.25, -0.2) is 0 Å². The average molecular weight is 490 g/mol. The average Bonchev–Trinajstić information content (AvgIpc) is 3.45. The highest BCUT2D eigenvalue weighted by Crippen LogP contribution is 2.39. The van der Waals surface area contributed by atoms with Crippen LogP contribution in [0.3, 0.4) is 0 Å². The largest absolute Gasteiger partial charge is 0.325 e. The summed E-state index contributed by atoms with van der Waals surface area (Å²) in [4.78, 5) is 22.9. The predicted molar refractivity (Wildman–Crippen MR) is 125 cm³/mol. The van der Waals surface area contributed by atoms with Crippen LogP contribution in [0.2, 0.25) is 5.02 Å². The lowest BCUT2D eigenvalue weighted by atomic mass is 10.2. The SMILES string of the molecule is CC(Sc1nnc(-c2ccccc2Cl)n1C1CCCC1)C(=O)Nc1ccc(F)c([N+](=O)[O-])c1. The van der Waals surface area contributed by atoms with E-state index in [0.717, 1.165) is 43.4 Å². The molecule has 1 atom stereocenters. The molecule has 11 heteroatoms. The Morgan fingerprint density at radius 3 is 2.70 bits per heavy atom. The fraction of sp³-hybridized carbons (Fsp3) is 0.318. The normalized spacial score (nSPS) is 14.9.